The summed E-state index contributed by atoms with van der Waals surface area (Å²) in [5, 5.41) is 12.1. The van der Waals surface area contributed by atoms with Crippen LogP contribution in [-0.4, -0.2) is 28.3 Å². The molecule has 0 fully saturated rings. The maximum atomic E-state index is 6.01. The first-order chi connectivity index (χ1) is 10.6. The number of halogens is 2. The highest BCUT2D eigenvalue weighted by Crippen LogP contribution is 2.26. The average molecular weight is 340 g/mol. The van der Waals surface area contributed by atoms with Crippen LogP contribution in [0.2, 0.25) is 10.0 Å². The van der Waals surface area contributed by atoms with E-state index in [-0.39, 0.29) is 0 Å². The predicted molar refractivity (Wildman–Crippen MR) is 92.4 cm³/mol. The molecule has 0 aliphatic carbocycles. The van der Waals surface area contributed by atoms with Gasteiger partial charge in [-0.3, -0.25) is 0 Å². The standard InChI is InChI=1S/C15H19Cl2N5/c1-3-7-22(8-4-2)14-10-18-21-15(20-14)19-11-5-6-12(16)13(17)9-11/h5-6,9-10H,3-4,7-8H2,1-2H3,(H,19,20,21). The third kappa shape index (κ3) is 4.45. The Morgan fingerprint density at radius 1 is 1.09 bits per heavy atom. The minimum Gasteiger partial charge on any atom is -0.355 e. The number of nitrogens with zero attached hydrogens (tertiary/aromatic N) is 4. The van der Waals surface area contributed by atoms with Gasteiger partial charge in [0.2, 0.25) is 5.95 Å². The molecule has 1 N–H and O–H groups in total. The normalized spacial score (nSPS) is 10.5. The zero-order chi connectivity index (χ0) is 15.9. The molecule has 2 rings (SSSR count). The topological polar surface area (TPSA) is 53.9 Å². The molecule has 118 valence electrons. The quantitative estimate of drug-likeness (QED) is 0.801. The second kappa shape index (κ2) is 8.15. The molecule has 1 aromatic heterocycles. The number of anilines is 3. The number of aromatic nitrogens is 3. The summed E-state index contributed by atoms with van der Waals surface area (Å²) in [6.07, 6.45) is 3.80. The Labute approximate surface area is 140 Å². The lowest BCUT2D eigenvalue weighted by Crippen LogP contribution is -2.26. The van der Waals surface area contributed by atoms with E-state index in [4.69, 9.17) is 23.2 Å². The van der Waals surface area contributed by atoms with Gasteiger partial charge in [-0.1, -0.05) is 37.0 Å². The van der Waals surface area contributed by atoms with Crippen LogP contribution in [0.25, 0.3) is 0 Å². The molecule has 1 heterocycles. The van der Waals surface area contributed by atoms with Gasteiger partial charge >= 0.3 is 0 Å². The largest absolute Gasteiger partial charge is 0.355 e. The average Bonchev–Trinajstić information content (AvgIpc) is 2.51. The van der Waals surface area contributed by atoms with Crippen LogP contribution in [0.5, 0.6) is 0 Å². The first-order valence-electron chi connectivity index (χ1n) is 7.30. The van der Waals surface area contributed by atoms with Crippen molar-refractivity contribution in [2.45, 2.75) is 26.7 Å². The lowest BCUT2D eigenvalue weighted by atomic mass is 10.3. The van der Waals surface area contributed by atoms with Gasteiger partial charge in [0.15, 0.2) is 5.82 Å². The molecule has 0 unspecified atom stereocenters. The number of hydrogen-bond acceptors (Lipinski definition) is 5. The van der Waals surface area contributed by atoms with Crippen LogP contribution in [0.15, 0.2) is 24.4 Å². The fourth-order valence-corrected chi connectivity index (χ4v) is 2.38. The van der Waals surface area contributed by atoms with Gasteiger partial charge in [-0.05, 0) is 31.0 Å². The predicted octanol–water partition coefficient (Wildman–Crippen LogP) is 4.55. The number of benzene rings is 1. The van der Waals surface area contributed by atoms with Crippen molar-refractivity contribution in [2.24, 2.45) is 0 Å². The molecule has 7 heteroatoms. The smallest absolute Gasteiger partial charge is 0.249 e. The molecule has 0 amide bonds. The zero-order valence-corrected chi connectivity index (χ0v) is 14.2. The second-order valence-corrected chi connectivity index (χ2v) is 5.69. The van der Waals surface area contributed by atoms with E-state index in [1.54, 1.807) is 18.3 Å². The highest BCUT2D eigenvalue weighted by atomic mass is 35.5. The first-order valence-corrected chi connectivity index (χ1v) is 8.06. The lowest BCUT2D eigenvalue weighted by Gasteiger charge is -2.22. The van der Waals surface area contributed by atoms with Crippen molar-refractivity contribution >= 4 is 40.7 Å². The zero-order valence-electron chi connectivity index (χ0n) is 12.7. The first kappa shape index (κ1) is 16.8. The molecule has 0 radical (unpaired) electrons. The molecular formula is C15H19Cl2N5. The van der Waals surface area contributed by atoms with Crippen molar-refractivity contribution in [1.29, 1.82) is 0 Å². The molecule has 0 saturated heterocycles. The van der Waals surface area contributed by atoms with E-state index in [0.717, 1.165) is 37.4 Å². The highest BCUT2D eigenvalue weighted by Gasteiger charge is 2.09. The van der Waals surface area contributed by atoms with Crippen molar-refractivity contribution in [3.05, 3.63) is 34.4 Å². The molecule has 0 bridgehead atoms. The van der Waals surface area contributed by atoms with Crippen molar-refractivity contribution < 1.29 is 0 Å². The Morgan fingerprint density at radius 3 is 2.45 bits per heavy atom. The van der Waals surface area contributed by atoms with Crippen LogP contribution in [0.1, 0.15) is 26.7 Å². The summed E-state index contributed by atoms with van der Waals surface area (Å²) in [5.41, 5.74) is 0.769. The number of hydrogen-bond donors (Lipinski definition) is 1. The lowest BCUT2D eigenvalue weighted by molar-refractivity contribution is 0.728. The summed E-state index contributed by atoms with van der Waals surface area (Å²) in [6, 6.07) is 5.28. The Bertz CT molecular complexity index is 615. The molecule has 2 aromatic rings. The number of nitrogens with one attached hydrogen (secondary N) is 1. The molecule has 5 nitrogen and oxygen atoms in total. The molecule has 0 saturated carbocycles. The highest BCUT2D eigenvalue weighted by molar-refractivity contribution is 6.42. The van der Waals surface area contributed by atoms with Gasteiger partial charge in [0.1, 0.15) is 0 Å². The van der Waals surface area contributed by atoms with E-state index in [1.165, 1.54) is 0 Å². The van der Waals surface area contributed by atoms with Crippen LogP contribution in [0.4, 0.5) is 17.5 Å². The maximum Gasteiger partial charge on any atom is 0.249 e. The molecular weight excluding hydrogens is 321 g/mol. The fraction of sp³-hybridized carbons (Fsp3) is 0.400. The summed E-state index contributed by atoms with van der Waals surface area (Å²) in [6.45, 7) is 6.18. The summed E-state index contributed by atoms with van der Waals surface area (Å²) in [7, 11) is 0. The molecule has 0 aliphatic heterocycles. The Kier molecular flexibility index (Phi) is 6.21. The second-order valence-electron chi connectivity index (χ2n) is 4.88. The Hall–Kier alpha value is -1.59. The molecule has 0 atom stereocenters. The van der Waals surface area contributed by atoms with Crippen molar-refractivity contribution in [2.75, 3.05) is 23.3 Å². The van der Waals surface area contributed by atoms with Gasteiger partial charge in [0.05, 0.1) is 16.2 Å². The van der Waals surface area contributed by atoms with Gasteiger partial charge in [0, 0.05) is 18.8 Å². The summed E-state index contributed by atoms with van der Waals surface area (Å²) >= 11 is 11.9. The van der Waals surface area contributed by atoms with Crippen LogP contribution in [-0.2, 0) is 0 Å². The van der Waals surface area contributed by atoms with Crippen molar-refractivity contribution in [3.63, 3.8) is 0 Å². The Balaban J connectivity index is 2.18. The third-order valence-corrected chi connectivity index (χ3v) is 3.77. The van der Waals surface area contributed by atoms with E-state index >= 15 is 0 Å². The summed E-state index contributed by atoms with van der Waals surface area (Å²) in [5.74, 6) is 1.26. The maximum absolute atomic E-state index is 6.01. The minimum absolute atomic E-state index is 0.438. The van der Waals surface area contributed by atoms with E-state index in [0.29, 0.717) is 16.0 Å². The van der Waals surface area contributed by atoms with E-state index < -0.39 is 0 Å². The SMILES string of the molecule is CCCN(CCC)c1cnnc(Nc2ccc(Cl)c(Cl)c2)n1. The van der Waals surface area contributed by atoms with Crippen LogP contribution in [0.3, 0.4) is 0 Å². The monoisotopic (exact) mass is 339 g/mol. The fourth-order valence-electron chi connectivity index (χ4n) is 2.08. The molecule has 22 heavy (non-hydrogen) atoms. The van der Waals surface area contributed by atoms with Gasteiger partial charge in [0.25, 0.3) is 0 Å². The minimum atomic E-state index is 0.438. The third-order valence-electron chi connectivity index (χ3n) is 3.03. The van der Waals surface area contributed by atoms with Crippen LogP contribution in [0, 0.1) is 0 Å². The van der Waals surface area contributed by atoms with Crippen molar-refractivity contribution in [1.82, 2.24) is 15.2 Å². The van der Waals surface area contributed by atoms with Crippen LogP contribution < -0.4 is 10.2 Å². The van der Waals surface area contributed by atoms with Gasteiger partial charge < -0.3 is 10.2 Å². The number of rotatable bonds is 7. The van der Waals surface area contributed by atoms with E-state index in [9.17, 15) is 0 Å². The molecule has 0 spiro atoms. The Morgan fingerprint density at radius 2 is 1.82 bits per heavy atom. The van der Waals surface area contributed by atoms with Crippen LogP contribution >= 0.6 is 23.2 Å². The van der Waals surface area contributed by atoms with Gasteiger partial charge in [-0.25, -0.2) is 0 Å². The summed E-state index contributed by atoms with van der Waals surface area (Å²) < 4.78 is 0. The van der Waals surface area contributed by atoms with Crippen molar-refractivity contribution in [3.8, 4) is 0 Å². The van der Waals surface area contributed by atoms with Gasteiger partial charge in [-0.2, -0.15) is 10.1 Å². The summed E-state index contributed by atoms with van der Waals surface area (Å²) in [4.78, 5) is 6.73. The van der Waals surface area contributed by atoms with E-state index in [2.05, 4.69) is 39.2 Å². The molecule has 0 aliphatic rings. The molecule has 1 aromatic carbocycles. The van der Waals surface area contributed by atoms with Gasteiger partial charge in [-0.15, -0.1) is 5.10 Å². The van der Waals surface area contributed by atoms with E-state index in [1.807, 2.05) is 6.07 Å².